The molecule has 0 atom stereocenters. The van der Waals surface area contributed by atoms with Crippen molar-refractivity contribution in [1.82, 2.24) is 14.5 Å². The molecule has 0 saturated carbocycles. The average Bonchev–Trinajstić information content (AvgIpc) is 2.78. The number of fused-ring (bicyclic) bond motifs is 3. The molecule has 0 spiro atoms. The highest BCUT2D eigenvalue weighted by Crippen LogP contribution is 2.41. The number of aromatic nitrogens is 2. The lowest BCUT2D eigenvalue weighted by molar-refractivity contribution is 0.220. The molecule has 0 aliphatic carbocycles. The Morgan fingerprint density at radius 2 is 2.04 bits per heavy atom. The fraction of sp³-hybridized carbons (Fsp3) is 0.318. The van der Waals surface area contributed by atoms with E-state index in [4.69, 9.17) is 0 Å². The first-order chi connectivity index (χ1) is 12.3. The minimum absolute atomic E-state index is 0.681. The molecule has 0 N–H and O–H groups in total. The average molecular weight is 329 g/mol. The summed E-state index contributed by atoms with van der Waals surface area (Å²) in [7, 11) is 0. The van der Waals surface area contributed by atoms with Gasteiger partial charge in [0.2, 0.25) is 0 Å². The first kappa shape index (κ1) is 14.9. The zero-order valence-corrected chi connectivity index (χ0v) is 14.7. The second-order valence-electron chi connectivity index (χ2n) is 7.41. The lowest BCUT2D eigenvalue weighted by atomic mass is 9.94. The van der Waals surface area contributed by atoms with Crippen LogP contribution in [0.4, 0.5) is 0 Å². The van der Waals surface area contributed by atoms with Crippen LogP contribution in [-0.4, -0.2) is 27.5 Å². The van der Waals surface area contributed by atoms with Crippen LogP contribution in [0, 0.1) is 6.92 Å². The molecular formula is C22H23N3. The molecule has 3 aliphatic heterocycles. The molecule has 1 aromatic carbocycles. The Hall–Kier alpha value is -2.39. The van der Waals surface area contributed by atoms with Crippen LogP contribution in [0.2, 0.25) is 0 Å². The molecule has 3 nitrogen and oxygen atoms in total. The maximum atomic E-state index is 4.23. The van der Waals surface area contributed by atoms with Crippen molar-refractivity contribution in [3.8, 4) is 0 Å². The standard InChI is InChI=1S/C22H23N3/c1-16-4-5-21-19(13-16)20-15-24-10-7-18(8-11-24)22(20)25(21)12-6-17-3-2-9-23-14-17/h2-6,9,12-14,18H,7-8,10-11,15H2,1H3/b12-6-. The second-order valence-corrected chi connectivity index (χ2v) is 7.41. The molecule has 25 heavy (non-hydrogen) atoms. The number of piperidine rings is 1. The molecule has 3 heteroatoms. The molecule has 3 aliphatic rings. The smallest absolute Gasteiger partial charge is 0.0529 e. The van der Waals surface area contributed by atoms with Gasteiger partial charge in [0, 0.05) is 42.1 Å². The summed E-state index contributed by atoms with van der Waals surface area (Å²) in [6.45, 7) is 5.76. The Bertz CT molecular complexity index is 944. The summed E-state index contributed by atoms with van der Waals surface area (Å²) >= 11 is 0. The molecule has 3 aromatic rings. The molecule has 5 heterocycles. The fourth-order valence-electron chi connectivity index (χ4n) is 4.51. The lowest BCUT2D eigenvalue weighted by Gasteiger charge is -2.27. The quantitative estimate of drug-likeness (QED) is 0.681. The summed E-state index contributed by atoms with van der Waals surface area (Å²) < 4.78 is 2.45. The number of nitrogens with zero attached hydrogens (tertiary/aromatic N) is 3. The zero-order chi connectivity index (χ0) is 16.8. The van der Waals surface area contributed by atoms with Gasteiger partial charge in [-0.3, -0.25) is 9.88 Å². The first-order valence-electron chi connectivity index (χ1n) is 9.23. The van der Waals surface area contributed by atoms with Crippen LogP contribution in [0.15, 0.2) is 42.7 Å². The number of pyridine rings is 1. The van der Waals surface area contributed by atoms with E-state index >= 15 is 0 Å². The normalized spacial score (nSPS) is 22.4. The highest BCUT2D eigenvalue weighted by Gasteiger charge is 2.32. The zero-order valence-electron chi connectivity index (χ0n) is 14.7. The van der Waals surface area contributed by atoms with E-state index in [0.717, 1.165) is 12.1 Å². The maximum Gasteiger partial charge on any atom is 0.0529 e. The van der Waals surface area contributed by atoms with E-state index in [1.807, 2.05) is 18.5 Å². The van der Waals surface area contributed by atoms with Gasteiger partial charge >= 0.3 is 0 Å². The summed E-state index contributed by atoms with van der Waals surface area (Å²) in [5, 5.41) is 1.43. The summed E-state index contributed by atoms with van der Waals surface area (Å²) in [4.78, 5) is 6.86. The Kier molecular flexibility index (Phi) is 3.49. The van der Waals surface area contributed by atoms with Crippen molar-refractivity contribution >= 4 is 23.2 Å². The van der Waals surface area contributed by atoms with E-state index < -0.39 is 0 Å². The molecule has 0 unspecified atom stereocenters. The number of hydrogen-bond acceptors (Lipinski definition) is 2. The first-order valence-corrected chi connectivity index (χ1v) is 9.23. The molecule has 1 fully saturated rings. The molecule has 2 aromatic heterocycles. The van der Waals surface area contributed by atoms with Crippen LogP contribution in [-0.2, 0) is 6.54 Å². The summed E-state index contributed by atoms with van der Waals surface area (Å²) in [6, 6.07) is 11.0. The number of aryl methyl sites for hydroxylation is 1. The van der Waals surface area contributed by atoms with Gasteiger partial charge in [-0.25, -0.2) is 0 Å². The van der Waals surface area contributed by atoms with Gasteiger partial charge in [0.1, 0.15) is 0 Å². The van der Waals surface area contributed by atoms with E-state index in [-0.39, 0.29) is 0 Å². The van der Waals surface area contributed by atoms with Crippen molar-refractivity contribution in [2.24, 2.45) is 0 Å². The Labute approximate surface area is 148 Å². The third-order valence-corrected chi connectivity index (χ3v) is 5.76. The van der Waals surface area contributed by atoms with Crippen molar-refractivity contribution in [2.75, 3.05) is 13.1 Å². The molecule has 0 radical (unpaired) electrons. The van der Waals surface area contributed by atoms with E-state index in [1.165, 1.54) is 42.4 Å². The SMILES string of the molecule is Cc1ccc2c(c1)c1c(n2/C=C\c2cccnc2)C2CCN(CC2)C1. The lowest BCUT2D eigenvalue weighted by Crippen LogP contribution is -2.29. The fourth-order valence-corrected chi connectivity index (χ4v) is 4.51. The van der Waals surface area contributed by atoms with Crippen molar-refractivity contribution in [3.05, 3.63) is 65.1 Å². The number of rotatable bonds is 2. The van der Waals surface area contributed by atoms with Crippen LogP contribution in [0.5, 0.6) is 0 Å². The van der Waals surface area contributed by atoms with Crippen LogP contribution in [0.3, 0.4) is 0 Å². The van der Waals surface area contributed by atoms with E-state index in [0.29, 0.717) is 5.92 Å². The van der Waals surface area contributed by atoms with Crippen molar-refractivity contribution in [3.63, 3.8) is 0 Å². The highest BCUT2D eigenvalue weighted by molar-refractivity contribution is 5.89. The molecular weight excluding hydrogens is 306 g/mol. The Morgan fingerprint density at radius 1 is 1.16 bits per heavy atom. The maximum absolute atomic E-state index is 4.23. The highest BCUT2D eigenvalue weighted by atomic mass is 15.1. The Balaban J connectivity index is 1.72. The van der Waals surface area contributed by atoms with E-state index in [1.54, 1.807) is 11.3 Å². The van der Waals surface area contributed by atoms with E-state index in [2.05, 4.69) is 57.9 Å². The van der Waals surface area contributed by atoms with Crippen LogP contribution in [0.1, 0.15) is 41.1 Å². The van der Waals surface area contributed by atoms with Gasteiger partial charge in [0.15, 0.2) is 0 Å². The molecule has 6 rings (SSSR count). The van der Waals surface area contributed by atoms with E-state index in [9.17, 15) is 0 Å². The summed E-state index contributed by atoms with van der Waals surface area (Å²) in [5.74, 6) is 0.681. The molecule has 126 valence electrons. The topological polar surface area (TPSA) is 21.1 Å². The minimum Gasteiger partial charge on any atom is -0.320 e. The number of benzene rings is 1. The summed E-state index contributed by atoms with van der Waals surface area (Å²) in [6.07, 6.45) is 10.7. The van der Waals surface area contributed by atoms with Crippen molar-refractivity contribution in [1.29, 1.82) is 0 Å². The predicted octanol–water partition coefficient (Wildman–Crippen LogP) is 4.67. The van der Waals surface area contributed by atoms with Gasteiger partial charge in [-0.05, 0) is 68.3 Å². The second kappa shape index (κ2) is 5.85. The van der Waals surface area contributed by atoms with Crippen molar-refractivity contribution < 1.29 is 0 Å². The predicted molar refractivity (Wildman–Crippen MR) is 103 cm³/mol. The van der Waals surface area contributed by atoms with Gasteiger partial charge in [-0.15, -0.1) is 0 Å². The van der Waals surface area contributed by atoms with Gasteiger partial charge in [0.25, 0.3) is 0 Å². The molecule has 1 saturated heterocycles. The van der Waals surface area contributed by atoms with Crippen LogP contribution >= 0.6 is 0 Å². The third-order valence-electron chi connectivity index (χ3n) is 5.76. The third kappa shape index (κ3) is 2.50. The van der Waals surface area contributed by atoms with Gasteiger partial charge in [-0.2, -0.15) is 0 Å². The van der Waals surface area contributed by atoms with Crippen molar-refractivity contribution in [2.45, 2.75) is 32.2 Å². The van der Waals surface area contributed by atoms with Gasteiger partial charge in [0.05, 0.1) is 5.52 Å². The van der Waals surface area contributed by atoms with Gasteiger partial charge < -0.3 is 4.57 Å². The molecule has 2 bridgehead atoms. The molecule has 0 amide bonds. The monoisotopic (exact) mass is 329 g/mol. The van der Waals surface area contributed by atoms with Crippen LogP contribution in [0.25, 0.3) is 23.2 Å². The number of hydrogen-bond donors (Lipinski definition) is 0. The minimum atomic E-state index is 0.681. The summed E-state index contributed by atoms with van der Waals surface area (Å²) in [5.41, 5.74) is 6.92. The largest absolute Gasteiger partial charge is 0.320 e. The Morgan fingerprint density at radius 3 is 2.84 bits per heavy atom. The van der Waals surface area contributed by atoms with Gasteiger partial charge in [-0.1, -0.05) is 17.7 Å². The van der Waals surface area contributed by atoms with Crippen LogP contribution < -0.4 is 0 Å².